The fourth-order valence-corrected chi connectivity index (χ4v) is 1.32. The molecule has 0 spiro atoms. The molecule has 0 aliphatic rings. The van der Waals surface area contributed by atoms with Gasteiger partial charge in [-0.2, -0.15) is 0 Å². The van der Waals surface area contributed by atoms with Gasteiger partial charge in [0.15, 0.2) is 0 Å². The van der Waals surface area contributed by atoms with Crippen molar-refractivity contribution in [2.45, 2.75) is 6.42 Å². The van der Waals surface area contributed by atoms with E-state index in [1.807, 2.05) is 0 Å². The van der Waals surface area contributed by atoms with Crippen molar-refractivity contribution in [1.82, 2.24) is 5.32 Å². The topological polar surface area (TPSA) is 30.5 Å². The van der Waals surface area contributed by atoms with Crippen LogP contribution in [0.1, 0.15) is 6.42 Å². The van der Waals surface area contributed by atoms with Gasteiger partial charge >= 0.3 is 0 Å². The maximum Gasteiger partial charge on any atom is 0.129 e. The maximum atomic E-state index is 12.8. The summed E-state index contributed by atoms with van der Waals surface area (Å²) in [5.74, 6) is -1.05. The van der Waals surface area contributed by atoms with Gasteiger partial charge in [0, 0.05) is 38.5 Å². The molecule has 0 atom stereocenters. The number of nitrogens with one attached hydrogen (secondary N) is 1. The summed E-state index contributed by atoms with van der Waals surface area (Å²) in [5, 5.41) is 3.13. The average molecular weight is 245 g/mol. The maximum absolute atomic E-state index is 12.8. The number of halogens is 2. The molecule has 0 bridgehead atoms. The molecule has 0 aliphatic carbocycles. The highest BCUT2D eigenvalue weighted by Gasteiger charge is 2.00. The third-order valence-electron chi connectivity index (χ3n) is 2.09. The van der Waals surface area contributed by atoms with Gasteiger partial charge in [0.25, 0.3) is 0 Å². The minimum atomic E-state index is -0.631. The van der Waals surface area contributed by atoms with Crippen LogP contribution in [-0.4, -0.2) is 33.4 Å². The van der Waals surface area contributed by atoms with E-state index in [0.717, 1.165) is 31.2 Å². The van der Waals surface area contributed by atoms with Crippen molar-refractivity contribution in [3.8, 4) is 5.75 Å². The van der Waals surface area contributed by atoms with Crippen molar-refractivity contribution in [3.05, 3.63) is 29.8 Å². The van der Waals surface area contributed by atoms with Gasteiger partial charge in [-0.05, 0) is 13.0 Å². The molecule has 0 amide bonds. The van der Waals surface area contributed by atoms with Crippen LogP contribution in [0.5, 0.6) is 5.75 Å². The first-order valence-corrected chi connectivity index (χ1v) is 5.51. The molecule has 1 rings (SSSR count). The van der Waals surface area contributed by atoms with E-state index < -0.39 is 11.6 Å². The van der Waals surface area contributed by atoms with Gasteiger partial charge < -0.3 is 14.8 Å². The second kappa shape index (κ2) is 7.97. The van der Waals surface area contributed by atoms with Crippen molar-refractivity contribution >= 4 is 0 Å². The van der Waals surface area contributed by atoms with Crippen molar-refractivity contribution in [2.24, 2.45) is 0 Å². The van der Waals surface area contributed by atoms with E-state index in [9.17, 15) is 8.78 Å². The van der Waals surface area contributed by atoms with Crippen LogP contribution >= 0.6 is 0 Å². The van der Waals surface area contributed by atoms with Crippen LogP contribution in [0, 0.1) is 11.6 Å². The quantitative estimate of drug-likeness (QED) is 0.710. The summed E-state index contributed by atoms with van der Waals surface area (Å²) in [5.41, 5.74) is 0. The Labute approximate surface area is 99.7 Å². The summed E-state index contributed by atoms with van der Waals surface area (Å²) in [6.07, 6.45) is 0.922. The molecule has 1 aromatic rings. The monoisotopic (exact) mass is 245 g/mol. The molecule has 17 heavy (non-hydrogen) atoms. The van der Waals surface area contributed by atoms with Gasteiger partial charge in [0.1, 0.15) is 24.0 Å². The zero-order valence-corrected chi connectivity index (χ0v) is 9.84. The Balaban J connectivity index is 2.13. The Hall–Kier alpha value is -1.20. The molecule has 1 N–H and O–H groups in total. The molecular formula is C12H17F2NO2. The van der Waals surface area contributed by atoms with Crippen LogP contribution in [0.15, 0.2) is 18.2 Å². The summed E-state index contributed by atoms with van der Waals surface area (Å²) in [7, 11) is 1.65. The highest BCUT2D eigenvalue weighted by molar-refractivity contribution is 5.23. The molecule has 0 aromatic heterocycles. The lowest BCUT2D eigenvalue weighted by Gasteiger charge is -2.07. The standard InChI is InChI=1S/C12H17F2NO2/c1-16-5-2-3-15-4-6-17-12-8-10(13)7-11(14)9-12/h7-9,15H,2-6H2,1H3. The number of rotatable bonds is 8. The summed E-state index contributed by atoms with van der Waals surface area (Å²) < 4.78 is 35.7. The molecule has 5 heteroatoms. The Kier molecular flexibility index (Phi) is 6.50. The SMILES string of the molecule is COCCCNCCOc1cc(F)cc(F)c1. The fourth-order valence-electron chi connectivity index (χ4n) is 1.32. The van der Waals surface area contributed by atoms with Crippen molar-refractivity contribution < 1.29 is 18.3 Å². The largest absolute Gasteiger partial charge is 0.492 e. The van der Waals surface area contributed by atoms with Gasteiger partial charge in [-0.25, -0.2) is 8.78 Å². The Bertz CT molecular complexity index is 314. The van der Waals surface area contributed by atoms with Crippen molar-refractivity contribution in [1.29, 1.82) is 0 Å². The third-order valence-corrected chi connectivity index (χ3v) is 2.09. The van der Waals surface area contributed by atoms with E-state index in [0.29, 0.717) is 19.8 Å². The normalized spacial score (nSPS) is 10.5. The van der Waals surface area contributed by atoms with Crippen LogP contribution in [0.2, 0.25) is 0 Å². The first kappa shape index (κ1) is 13.9. The molecule has 3 nitrogen and oxygen atoms in total. The minimum Gasteiger partial charge on any atom is -0.492 e. The summed E-state index contributed by atoms with van der Waals surface area (Å²) >= 11 is 0. The number of ether oxygens (including phenoxy) is 2. The highest BCUT2D eigenvalue weighted by Crippen LogP contribution is 2.14. The Morgan fingerprint density at radius 3 is 2.41 bits per heavy atom. The highest BCUT2D eigenvalue weighted by atomic mass is 19.1. The number of hydrogen-bond donors (Lipinski definition) is 1. The lowest BCUT2D eigenvalue weighted by molar-refractivity contribution is 0.193. The zero-order valence-electron chi connectivity index (χ0n) is 9.84. The minimum absolute atomic E-state index is 0.209. The molecule has 0 aliphatic heterocycles. The number of benzene rings is 1. The summed E-state index contributed by atoms with van der Waals surface area (Å²) in [6, 6.07) is 3.14. The third kappa shape index (κ3) is 6.19. The Morgan fingerprint density at radius 1 is 1.06 bits per heavy atom. The van der Waals surface area contributed by atoms with E-state index in [1.54, 1.807) is 7.11 Å². The van der Waals surface area contributed by atoms with E-state index in [4.69, 9.17) is 9.47 Å². The second-order valence-electron chi connectivity index (χ2n) is 3.55. The van der Waals surface area contributed by atoms with Crippen molar-refractivity contribution in [2.75, 3.05) is 33.4 Å². The summed E-state index contributed by atoms with van der Waals surface area (Å²) in [4.78, 5) is 0. The second-order valence-corrected chi connectivity index (χ2v) is 3.55. The van der Waals surface area contributed by atoms with Crippen LogP contribution in [0.4, 0.5) is 8.78 Å². The predicted octanol–water partition coefficient (Wildman–Crippen LogP) is 1.97. The van der Waals surface area contributed by atoms with Crippen LogP contribution < -0.4 is 10.1 Å². The van der Waals surface area contributed by atoms with Gasteiger partial charge in [-0.15, -0.1) is 0 Å². The predicted molar refractivity (Wildman–Crippen MR) is 61.2 cm³/mol. The molecule has 0 saturated carbocycles. The first-order valence-electron chi connectivity index (χ1n) is 5.51. The van der Waals surface area contributed by atoms with Crippen LogP contribution in [0.3, 0.4) is 0 Å². The lowest BCUT2D eigenvalue weighted by atomic mass is 10.3. The van der Waals surface area contributed by atoms with E-state index in [1.165, 1.54) is 0 Å². The fraction of sp³-hybridized carbons (Fsp3) is 0.500. The van der Waals surface area contributed by atoms with Crippen molar-refractivity contribution in [3.63, 3.8) is 0 Å². The van der Waals surface area contributed by atoms with Crippen LogP contribution in [-0.2, 0) is 4.74 Å². The van der Waals surface area contributed by atoms with Gasteiger partial charge in [-0.3, -0.25) is 0 Å². The lowest BCUT2D eigenvalue weighted by Crippen LogP contribution is -2.22. The smallest absolute Gasteiger partial charge is 0.129 e. The average Bonchev–Trinajstić information content (AvgIpc) is 2.26. The molecule has 0 heterocycles. The van der Waals surface area contributed by atoms with E-state index >= 15 is 0 Å². The number of methoxy groups -OCH3 is 1. The molecular weight excluding hydrogens is 228 g/mol. The molecule has 0 radical (unpaired) electrons. The van der Waals surface area contributed by atoms with E-state index in [2.05, 4.69) is 5.32 Å². The molecule has 0 fully saturated rings. The first-order chi connectivity index (χ1) is 8.22. The summed E-state index contributed by atoms with van der Waals surface area (Å²) in [6.45, 7) is 2.54. The molecule has 96 valence electrons. The molecule has 1 aromatic carbocycles. The zero-order chi connectivity index (χ0) is 12.5. The van der Waals surface area contributed by atoms with Crippen LogP contribution in [0.25, 0.3) is 0 Å². The van der Waals surface area contributed by atoms with Gasteiger partial charge in [-0.1, -0.05) is 0 Å². The van der Waals surface area contributed by atoms with Gasteiger partial charge in [0.05, 0.1) is 0 Å². The van der Waals surface area contributed by atoms with Gasteiger partial charge in [0.2, 0.25) is 0 Å². The van der Waals surface area contributed by atoms with E-state index in [-0.39, 0.29) is 5.75 Å². The number of hydrogen-bond acceptors (Lipinski definition) is 3. The molecule has 0 saturated heterocycles. The molecule has 0 unspecified atom stereocenters. The Morgan fingerprint density at radius 2 is 1.76 bits per heavy atom.